The molecule has 0 radical (unpaired) electrons. The summed E-state index contributed by atoms with van der Waals surface area (Å²) in [5.41, 5.74) is 4.32. The van der Waals surface area contributed by atoms with E-state index in [1.807, 2.05) is 42.6 Å². The van der Waals surface area contributed by atoms with Crippen LogP contribution in [0.3, 0.4) is 0 Å². The fraction of sp³-hybridized carbons (Fsp3) is 0.118. The van der Waals surface area contributed by atoms with Crippen molar-refractivity contribution < 1.29 is 4.74 Å². The van der Waals surface area contributed by atoms with E-state index in [0.29, 0.717) is 0 Å². The normalized spacial score (nSPS) is 11.3. The highest BCUT2D eigenvalue weighted by Crippen LogP contribution is 2.22. The molecule has 0 bridgehead atoms. The van der Waals surface area contributed by atoms with Gasteiger partial charge in [0.15, 0.2) is 0 Å². The number of ether oxygens (including phenoxy) is 1. The van der Waals surface area contributed by atoms with Crippen molar-refractivity contribution in [3.8, 4) is 5.75 Å². The van der Waals surface area contributed by atoms with Crippen LogP contribution < -0.4 is 4.74 Å². The molecule has 1 aromatic heterocycles. The Morgan fingerprint density at radius 3 is 2.55 bits per heavy atom. The van der Waals surface area contributed by atoms with E-state index < -0.39 is 0 Å². The lowest BCUT2D eigenvalue weighted by Crippen LogP contribution is -1.83. The lowest BCUT2D eigenvalue weighted by molar-refractivity contribution is 0.415. The summed E-state index contributed by atoms with van der Waals surface area (Å²) in [6.45, 7) is 2.06. The van der Waals surface area contributed by atoms with E-state index >= 15 is 0 Å². The van der Waals surface area contributed by atoms with Crippen molar-refractivity contribution >= 4 is 22.8 Å². The van der Waals surface area contributed by atoms with Crippen LogP contribution in [0.15, 0.2) is 53.5 Å². The van der Waals surface area contributed by atoms with Gasteiger partial charge in [-0.2, -0.15) is 0 Å². The van der Waals surface area contributed by atoms with Gasteiger partial charge in [0.25, 0.3) is 0 Å². The molecule has 1 N–H and O–H groups in total. The van der Waals surface area contributed by atoms with Crippen LogP contribution in [-0.4, -0.2) is 18.3 Å². The van der Waals surface area contributed by atoms with E-state index in [0.717, 1.165) is 28.2 Å². The highest BCUT2D eigenvalue weighted by Gasteiger charge is 2.04. The molecule has 0 atom stereocenters. The molecule has 2 aromatic carbocycles. The molecule has 0 aliphatic carbocycles. The van der Waals surface area contributed by atoms with Gasteiger partial charge in [0.2, 0.25) is 0 Å². The van der Waals surface area contributed by atoms with Gasteiger partial charge in [0.1, 0.15) is 5.75 Å². The standard InChI is InChI=1S/C17H16N2O/c1-12-16(15-5-3-4-6-17(15)19-12)11-18-13-7-9-14(20-2)10-8-13/h3-11,19H,1-2H3. The number of aryl methyl sites for hydroxylation is 1. The average Bonchev–Trinajstić information content (AvgIpc) is 2.81. The Kier molecular flexibility index (Phi) is 3.25. The quantitative estimate of drug-likeness (QED) is 0.706. The lowest BCUT2D eigenvalue weighted by Gasteiger charge is -1.99. The van der Waals surface area contributed by atoms with Crippen LogP contribution in [-0.2, 0) is 0 Å². The number of fused-ring (bicyclic) bond motifs is 1. The van der Waals surface area contributed by atoms with E-state index in [1.165, 1.54) is 5.39 Å². The van der Waals surface area contributed by atoms with Gasteiger partial charge in [-0.3, -0.25) is 4.99 Å². The average molecular weight is 264 g/mol. The Balaban J connectivity index is 1.95. The summed E-state index contributed by atoms with van der Waals surface area (Å²) in [4.78, 5) is 7.90. The minimum atomic E-state index is 0.840. The van der Waals surface area contributed by atoms with Gasteiger partial charge >= 0.3 is 0 Å². The molecule has 0 unspecified atom stereocenters. The number of hydrogen-bond donors (Lipinski definition) is 1. The molecule has 3 aromatic rings. The van der Waals surface area contributed by atoms with E-state index in [1.54, 1.807) is 7.11 Å². The van der Waals surface area contributed by atoms with Gasteiger partial charge in [0.05, 0.1) is 12.8 Å². The van der Waals surface area contributed by atoms with E-state index in [-0.39, 0.29) is 0 Å². The second-order valence-electron chi connectivity index (χ2n) is 4.67. The van der Waals surface area contributed by atoms with E-state index in [2.05, 4.69) is 29.0 Å². The van der Waals surface area contributed by atoms with Crippen molar-refractivity contribution in [2.24, 2.45) is 4.99 Å². The van der Waals surface area contributed by atoms with Crippen molar-refractivity contribution in [2.45, 2.75) is 6.92 Å². The van der Waals surface area contributed by atoms with Crippen molar-refractivity contribution in [2.75, 3.05) is 7.11 Å². The second kappa shape index (κ2) is 5.21. The maximum absolute atomic E-state index is 5.14. The molecule has 0 aliphatic heterocycles. The molecule has 0 fully saturated rings. The van der Waals surface area contributed by atoms with Crippen molar-refractivity contribution in [1.82, 2.24) is 4.98 Å². The monoisotopic (exact) mass is 264 g/mol. The first-order chi connectivity index (χ1) is 9.78. The highest BCUT2D eigenvalue weighted by molar-refractivity contribution is 6.01. The molecule has 3 nitrogen and oxygen atoms in total. The zero-order chi connectivity index (χ0) is 13.9. The number of aromatic nitrogens is 1. The summed E-state index contributed by atoms with van der Waals surface area (Å²) < 4.78 is 5.14. The topological polar surface area (TPSA) is 37.4 Å². The number of H-pyrrole nitrogens is 1. The number of rotatable bonds is 3. The maximum Gasteiger partial charge on any atom is 0.119 e. The molecule has 0 saturated carbocycles. The minimum absolute atomic E-state index is 0.840. The molecule has 1 heterocycles. The number of benzene rings is 2. The third-order valence-electron chi connectivity index (χ3n) is 3.36. The SMILES string of the molecule is COc1ccc(N=Cc2c(C)[nH]c3ccccc23)cc1. The Morgan fingerprint density at radius 2 is 1.80 bits per heavy atom. The summed E-state index contributed by atoms with van der Waals surface area (Å²) in [6.07, 6.45) is 1.91. The molecule has 0 amide bonds. The molecular formula is C17H16N2O. The summed E-state index contributed by atoms with van der Waals surface area (Å²) >= 11 is 0. The third kappa shape index (κ3) is 2.30. The summed E-state index contributed by atoms with van der Waals surface area (Å²) in [5, 5.41) is 1.20. The second-order valence-corrected chi connectivity index (χ2v) is 4.67. The van der Waals surface area contributed by atoms with Gasteiger partial charge in [0, 0.05) is 28.4 Å². The Morgan fingerprint density at radius 1 is 1.05 bits per heavy atom. The first-order valence-electron chi connectivity index (χ1n) is 6.53. The van der Waals surface area contributed by atoms with Crippen LogP contribution in [0.2, 0.25) is 0 Å². The number of methoxy groups -OCH3 is 1. The van der Waals surface area contributed by atoms with Crippen LogP contribution in [0.1, 0.15) is 11.3 Å². The number of para-hydroxylation sites is 1. The van der Waals surface area contributed by atoms with E-state index in [4.69, 9.17) is 4.74 Å². The summed E-state index contributed by atoms with van der Waals surface area (Å²) in [6, 6.07) is 16.0. The Bertz CT molecular complexity index is 754. The van der Waals surface area contributed by atoms with Crippen LogP contribution in [0.4, 0.5) is 5.69 Å². The van der Waals surface area contributed by atoms with Crippen LogP contribution in [0.25, 0.3) is 10.9 Å². The molecule has 3 rings (SSSR count). The number of aliphatic imine (C=N–C) groups is 1. The van der Waals surface area contributed by atoms with Gasteiger partial charge in [-0.15, -0.1) is 0 Å². The van der Waals surface area contributed by atoms with Gasteiger partial charge in [-0.05, 0) is 37.3 Å². The minimum Gasteiger partial charge on any atom is -0.497 e. The molecule has 0 spiro atoms. The van der Waals surface area contributed by atoms with Crippen molar-refractivity contribution in [3.63, 3.8) is 0 Å². The van der Waals surface area contributed by atoms with E-state index in [9.17, 15) is 0 Å². The van der Waals surface area contributed by atoms with Gasteiger partial charge in [-0.1, -0.05) is 18.2 Å². The zero-order valence-electron chi connectivity index (χ0n) is 11.6. The van der Waals surface area contributed by atoms with Gasteiger partial charge in [-0.25, -0.2) is 0 Å². The first kappa shape index (κ1) is 12.5. The maximum atomic E-state index is 5.14. The van der Waals surface area contributed by atoms with Crippen LogP contribution >= 0.6 is 0 Å². The van der Waals surface area contributed by atoms with Crippen molar-refractivity contribution in [1.29, 1.82) is 0 Å². The number of aromatic amines is 1. The molecule has 0 saturated heterocycles. The molecular weight excluding hydrogens is 248 g/mol. The number of nitrogens with zero attached hydrogens (tertiary/aromatic N) is 1. The molecule has 100 valence electrons. The number of nitrogens with one attached hydrogen (secondary N) is 1. The molecule has 3 heteroatoms. The molecule has 0 aliphatic rings. The fourth-order valence-corrected chi connectivity index (χ4v) is 2.27. The largest absolute Gasteiger partial charge is 0.497 e. The van der Waals surface area contributed by atoms with Crippen molar-refractivity contribution in [3.05, 3.63) is 59.8 Å². The smallest absolute Gasteiger partial charge is 0.119 e. The van der Waals surface area contributed by atoms with Gasteiger partial charge < -0.3 is 9.72 Å². The third-order valence-corrected chi connectivity index (χ3v) is 3.36. The summed E-state index contributed by atoms with van der Waals surface area (Å²) in [7, 11) is 1.66. The highest BCUT2D eigenvalue weighted by atomic mass is 16.5. The zero-order valence-corrected chi connectivity index (χ0v) is 11.6. The Hall–Kier alpha value is -2.55. The predicted octanol–water partition coefficient (Wildman–Crippen LogP) is 4.24. The Labute approximate surface area is 117 Å². The predicted molar refractivity (Wildman–Crippen MR) is 83.3 cm³/mol. The first-order valence-corrected chi connectivity index (χ1v) is 6.53. The van der Waals surface area contributed by atoms with Crippen LogP contribution in [0, 0.1) is 6.92 Å². The van der Waals surface area contributed by atoms with Crippen LogP contribution in [0.5, 0.6) is 5.75 Å². The lowest BCUT2D eigenvalue weighted by atomic mass is 10.1. The molecule has 20 heavy (non-hydrogen) atoms. The summed E-state index contributed by atoms with van der Waals surface area (Å²) in [5.74, 6) is 0.840. The fourth-order valence-electron chi connectivity index (χ4n) is 2.27. The number of hydrogen-bond acceptors (Lipinski definition) is 2.